The molecule has 0 aromatic carbocycles. The minimum Gasteiger partial charge on any atom is -0.396 e. The molecule has 0 saturated heterocycles. The Labute approximate surface area is 61.9 Å². The quantitative estimate of drug-likeness (QED) is 0.604. The Morgan fingerprint density at radius 1 is 1.20 bits per heavy atom. The van der Waals surface area contributed by atoms with Gasteiger partial charge in [-0.15, -0.1) is 0 Å². The molecule has 10 heavy (non-hydrogen) atoms. The number of hydrogen-bond acceptors (Lipinski definition) is 2. The summed E-state index contributed by atoms with van der Waals surface area (Å²) in [4.78, 5) is 0. The highest BCUT2D eigenvalue weighted by Crippen LogP contribution is 2.37. The van der Waals surface area contributed by atoms with Crippen LogP contribution in [0.15, 0.2) is 0 Å². The Morgan fingerprint density at radius 3 is 2.30 bits per heavy atom. The second-order valence-corrected chi connectivity index (χ2v) is 2.92. The summed E-state index contributed by atoms with van der Waals surface area (Å²) in [6.45, 7) is 0.573. The van der Waals surface area contributed by atoms with Crippen LogP contribution in [-0.2, 0) is 0 Å². The molecule has 2 atom stereocenters. The van der Waals surface area contributed by atoms with Gasteiger partial charge in [0.15, 0.2) is 0 Å². The van der Waals surface area contributed by atoms with E-state index in [-0.39, 0.29) is 6.61 Å². The molecule has 1 saturated carbocycles. The minimum absolute atomic E-state index is 0.281. The van der Waals surface area contributed by atoms with E-state index in [1.807, 2.05) is 0 Å². The third-order valence-corrected chi connectivity index (χ3v) is 2.31. The third-order valence-electron chi connectivity index (χ3n) is 2.31. The SMILES string of the molecule is OCCC1[CH]CC1CCO. The molecule has 2 heteroatoms. The molecule has 0 aromatic heterocycles. The predicted octanol–water partition coefficient (Wildman–Crippen LogP) is 0.592. The maximum Gasteiger partial charge on any atom is 0.0433 e. The van der Waals surface area contributed by atoms with Gasteiger partial charge < -0.3 is 10.2 Å². The first-order valence-electron chi connectivity index (χ1n) is 3.93. The fraction of sp³-hybridized carbons (Fsp3) is 0.875. The van der Waals surface area contributed by atoms with E-state index in [2.05, 4.69) is 6.42 Å². The van der Waals surface area contributed by atoms with Crippen LogP contribution < -0.4 is 0 Å². The van der Waals surface area contributed by atoms with Crippen LogP contribution >= 0.6 is 0 Å². The van der Waals surface area contributed by atoms with E-state index in [1.165, 1.54) is 0 Å². The first-order valence-corrected chi connectivity index (χ1v) is 3.93. The number of aliphatic hydroxyl groups is 2. The summed E-state index contributed by atoms with van der Waals surface area (Å²) in [7, 11) is 0. The molecule has 1 aliphatic rings. The Balaban J connectivity index is 2.09. The van der Waals surface area contributed by atoms with Gasteiger partial charge in [0, 0.05) is 13.2 Å². The molecule has 1 rings (SSSR count). The summed E-state index contributed by atoms with van der Waals surface area (Å²) in [6, 6.07) is 0. The molecule has 1 aliphatic carbocycles. The number of hydrogen-bond donors (Lipinski definition) is 2. The van der Waals surface area contributed by atoms with E-state index in [0.29, 0.717) is 18.4 Å². The molecule has 0 aromatic rings. The van der Waals surface area contributed by atoms with Crippen molar-refractivity contribution in [2.45, 2.75) is 19.3 Å². The van der Waals surface area contributed by atoms with Crippen molar-refractivity contribution in [2.75, 3.05) is 13.2 Å². The fourth-order valence-electron chi connectivity index (χ4n) is 1.52. The summed E-state index contributed by atoms with van der Waals surface area (Å²) in [5.74, 6) is 1.23. The van der Waals surface area contributed by atoms with Crippen molar-refractivity contribution < 1.29 is 10.2 Å². The molecule has 2 N–H and O–H groups in total. The fourth-order valence-corrected chi connectivity index (χ4v) is 1.52. The Hall–Kier alpha value is -0.0800. The van der Waals surface area contributed by atoms with Crippen LogP contribution in [0.5, 0.6) is 0 Å². The molecule has 0 amide bonds. The predicted molar refractivity (Wildman–Crippen MR) is 39.3 cm³/mol. The van der Waals surface area contributed by atoms with Crippen LogP contribution in [-0.4, -0.2) is 23.4 Å². The highest BCUT2D eigenvalue weighted by molar-refractivity contribution is 4.94. The van der Waals surface area contributed by atoms with E-state index in [0.717, 1.165) is 19.3 Å². The zero-order valence-electron chi connectivity index (χ0n) is 6.16. The molecule has 1 fully saturated rings. The third kappa shape index (κ3) is 1.70. The second-order valence-electron chi connectivity index (χ2n) is 2.92. The largest absolute Gasteiger partial charge is 0.396 e. The van der Waals surface area contributed by atoms with E-state index < -0.39 is 0 Å². The monoisotopic (exact) mass is 143 g/mol. The van der Waals surface area contributed by atoms with Crippen molar-refractivity contribution in [1.29, 1.82) is 0 Å². The van der Waals surface area contributed by atoms with Gasteiger partial charge in [-0.1, -0.05) is 0 Å². The average Bonchev–Trinajstić information content (AvgIpc) is 1.93. The molecular formula is C8H15O2. The lowest BCUT2D eigenvalue weighted by atomic mass is 9.70. The van der Waals surface area contributed by atoms with Crippen molar-refractivity contribution in [3.8, 4) is 0 Å². The Morgan fingerprint density at radius 2 is 1.90 bits per heavy atom. The maximum atomic E-state index is 8.61. The average molecular weight is 143 g/mol. The van der Waals surface area contributed by atoms with Crippen molar-refractivity contribution in [3.05, 3.63) is 6.42 Å². The molecule has 0 aliphatic heterocycles. The standard InChI is InChI=1S/C8H15O2/c9-5-3-7-1-2-8(7)4-6-10/h1,7-10H,2-6H2. The van der Waals surface area contributed by atoms with Gasteiger partial charge in [0.25, 0.3) is 0 Å². The van der Waals surface area contributed by atoms with Gasteiger partial charge in [0.2, 0.25) is 0 Å². The topological polar surface area (TPSA) is 40.5 Å². The lowest BCUT2D eigenvalue weighted by Gasteiger charge is -2.35. The minimum atomic E-state index is 0.281. The normalized spacial score (nSPS) is 31.8. The van der Waals surface area contributed by atoms with E-state index in [9.17, 15) is 0 Å². The van der Waals surface area contributed by atoms with E-state index in [1.54, 1.807) is 0 Å². The molecule has 59 valence electrons. The molecule has 1 radical (unpaired) electrons. The molecule has 2 nitrogen and oxygen atoms in total. The lowest BCUT2D eigenvalue weighted by molar-refractivity contribution is 0.152. The smallest absolute Gasteiger partial charge is 0.0433 e. The van der Waals surface area contributed by atoms with Crippen LogP contribution in [0.2, 0.25) is 0 Å². The highest BCUT2D eigenvalue weighted by Gasteiger charge is 2.29. The summed E-state index contributed by atoms with van der Waals surface area (Å²) < 4.78 is 0. The molecule has 0 heterocycles. The first kappa shape index (κ1) is 8.02. The maximum absolute atomic E-state index is 8.61. The van der Waals surface area contributed by atoms with Crippen LogP contribution in [0.1, 0.15) is 19.3 Å². The summed E-state index contributed by atoms with van der Waals surface area (Å²) in [6.07, 6.45) is 5.15. The van der Waals surface area contributed by atoms with E-state index >= 15 is 0 Å². The van der Waals surface area contributed by atoms with Crippen molar-refractivity contribution in [3.63, 3.8) is 0 Å². The summed E-state index contributed by atoms with van der Waals surface area (Å²) >= 11 is 0. The van der Waals surface area contributed by atoms with Gasteiger partial charge in [-0.3, -0.25) is 0 Å². The number of aliphatic hydroxyl groups excluding tert-OH is 2. The summed E-state index contributed by atoms with van der Waals surface area (Å²) in [5.41, 5.74) is 0. The van der Waals surface area contributed by atoms with Gasteiger partial charge in [-0.2, -0.15) is 0 Å². The van der Waals surface area contributed by atoms with Crippen molar-refractivity contribution in [2.24, 2.45) is 11.8 Å². The van der Waals surface area contributed by atoms with Gasteiger partial charge in [-0.05, 0) is 37.5 Å². The zero-order valence-corrected chi connectivity index (χ0v) is 6.16. The van der Waals surface area contributed by atoms with Gasteiger partial charge >= 0.3 is 0 Å². The van der Waals surface area contributed by atoms with Crippen LogP contribution in [0.25, 0.3) is 0 Å². The molecule has 0 spiro atoms. The molecular weight excluding hydrogens is 128 g/mol. The van der Waals surface area contributed by atoms with Crippen molar-refractivity contribution >= 4 is 0 Å². The van der Waals surface area contributed by atoms with Crippen LogP contribution in [0.4, 0.5) is 0 Å². The summed E-state index contributed by atoms with van der Waals surface area (Å²) in [5, 5.41) is 17.2. The van der Waals surface area contributed by atoms with Crippen LogP contribution in [0, 0.1) is 18.3 Å². The van der Waals surface area contributed by atoms with Gasteiger partial charge in [0.1, 0.15) is 0 Å². The molecule has 2 unspecified atom stereocenters. The van der Waals surface area contributed by atoms with E-state index in [4.69, 9.17) is 10.2 Å². The first-order chi connectivity index (χ1) is 4.88. The zero-order chi connectivity index (χ0) is 7.40. The van der Waals surface area contributed by atoms with Gasteiger partial charge in [-0.25, -0.2) is 0 Å². The van der Waals surface area contributed by atoms with Gasteiger partial charge in [0.05, 0.1) is 0 Å². The Kier molecular flexibility index (Phi) is 3.16. The van der Waals surface area contributed by atoms with Crippen molar-refractivity contribution in [1.82, 2.24) is 0 Å². The Bertz CT molecular complexity index is 81.3. The lowest BCUT2D eigenvalue weighted by Crippen LogP contribution is -2.28. The number of rotatable bonds is 4. The van der Waals surface area contributed by atoms with Crippen LogP contribution in [0.3, 0.4) is 0 Å². The highest BCUT2D eigenvalue weighted by atomic mass is 16.3. The molecule has 0 bridgehead atoms. The second kappa shape index (κ2) is 3.94.